The van der Waals surface area contributed by atoms with E-state index in [-0.39, 0.29) is 11.4 Å². The number of aromatic nitrogens is 2. The first kappa shape index (κ1) is 11.1. The first-order chi connectivity index (χ1) is 9.15. The van der Waals surface area contributed by atoms with Gasteiger partial charge >= 0.3 is 0 Å². The smallest absolute Gasteiger partial charge is 0.273 e. The SMILES string of the molecule is O=[N+]([O-])c1ccc2c(c1)[N+]([O-])=NN(n1ccnc1)C2. The van der Waals surface area contributed by atoms with Crippen LogP contribution in [0.15, 0.2) is 42.1 Å². The zero-order valence-corrected chi connectivity index (χ0v) is 9.58. The number of fused-ring (bicyclic) bond motifs is 1. The molecule has 0 saturated heterocycles. The van der Waals surface area contributed by atoms with E-state index in [9.17, 15) is 15.3 Å². The van der Waals surface area contributed by atoms with Crippen LogP contribution in [0.1, 0.15) is 5.56 Å². The van der Waals surface area contributed by atoms with E-state index in [0.717, 1.165) is 0 Å². The largest absolute Gasteiger partial charge is 0.691 e. The molecule has 1 aliphatic heterocycles. The van der Waals surface area contributed by atoms with Crippen LogP contribution in [-0.2, 0) is 6.54 Å². The lowest BCUT2D eigenvalue weighted by Crippen LogP contribution is -2.31. The van der Waals surface area contributed by atoms with Gasteiger partial charge in [0.2, 0.25) is 0 Å². The first-order valence-corrected chi connectivity index (χ1v) is 5.37. The molecule has 0 radical (unpaired) electrons. The topological polar surface area (TPSA) is 103 Å². The Kier molecular flexibility index (Phi) is 2.37. The van der Waals surface area contributed by atoms with Crippen LogP contribution in [0.25, 0.3) is 0 Å². The van der Waals surface area contributed by atoms with Gasteiger partial charge in [-0.25, -0.2) is 4.98 Å². The fourth-order valence-corrected chi connectivity index (χ4v) is 1.82. The molecule has 0 atom stereocenters. The first-order valence-electron chi connectivity index (χ1n) is 5.37. The third-order valence-corrected chi connectivity index (χ3v) is 2.74. The summed E-state index contributed by atoms with van der Waals surface area (Å²) in [5.41, 5.74) is 0.709. The number of nitrogens with zero attached hydrogens (tertiary/aromatic N) is 6. The standard InChI is InChI=1S/C10H8N6O3/c17-15-10-5-9(16(18)19)2-1-8(10)6-14(12-15)13-4-3-11-7-13/h1-5,7H,6H2. The Morgan fingerprint density at radius 1 is 1.42 bits per heavy atom. The molecule has 2 aromatic rings. The molecule has 1 aromatic heterocycles. The second-order valence-corrected chi connectivity index (χ2v) is 3.91. The van der Waals surface area contributed by atoms with E-state index in [1.807, 2.05) is 0 Å². The highest BCUT2D eigenvalue weighted by Crippen LogP contribution is 2.28. The van der Waals surface area contributed by atoms with Crippen molar-refractivity contribution in [3.63, 3.8) is 0 Å². The van der Waals surface area contributed by atoms with E-state index in [1.54, 1.807) is 23.1 Å². The molecule has 9 heteroatoms. The molecule has 96 valence electrons. The summed E-state index contributed by atoms with van der Waals surface area (Å²) in [6, 6.07) is 4.14. The molecule has 1 aliphatic rings. The Morgan fingerprint density at radius 2 is 2.26 bits per heavy atom. The van der Waals surface area contributed by atoms with Gasteiger partial charge in [0.1, 0.15) is 11.6 Å². The van der Waals surface area contributed by atoms with Crippen molar-refractivity contribution in [3.05, 3.63) is 57.8 Å². The van der Waals surface area contributed by atoms with Crippen molar-refractivity contribution in [1.29, 1.82) is 0 Å². The molecule has 0 bridgehead atoms. The molecule has 0 unspecified atom stereocenters. The van der Waals surface area contributed by atoms with Gasteiger partial charge < -0.3 is 5.21 Å². The Bertz CT molecular complexity index is 666. The lowest BCUT2D eigenvalue weighted by molar-refractivity contribution is -0.451. The van der Waals surface area contributed by atoms with Crippen LogP contribution in [0.3, 0.4) is 0 Å². The molecule has 0 spiro atoms. The highest BCUT2D eigenvalue weighted by Gasteiger charge is 2.25. The number of non-ortho nitro benzene ring substituents is 1. The van der Waals surface area contributed by atoms with Crippen molar-refractivity contribution in [2.75, 3.05) is 5.12 Å². The molecule has 0 amide bonds. The van der Waals surface area contributed by atoms with Gasteiger partial charge in [-0.15, -0.1) is 4.86 Å². The van der Waals surface area contributed by atoms with Crippen molar-refractivity contribution < 1.29 is 9.78 Å². The maximum atomic E-state index is 11.8. The summed E-state index contributed by atoms with van der Waals surface area (Å²) in [4.78, 5) is 14.4. The number of hydrogen-bond acceptors (Lipinski definition) is 6. The van der Waals surface area contributed by atoms with Gasteiger partial charge in [0, 0.05) is 17.8 Å². The predicted molar refractivity (Wildman–Crippen MR) is 63.0 cm³/mol. The maximum absolute atomic E-state index is 11.8. The minimum atomic E-state index is -0.545. The number of benzene rings is 1. The van der Waals surface area contributed by atoms with E-state index in [1.165, 1.54) is 23.6 Å². The molecule has 0 aliphatic carbocycles. The number of nitro benzene ring substituents is 1. The van der Waals surface area contributed by atoms with E-state index in [0.29, 0.717) is 17.0 Å². The third-order valence-electron chi connectivity index (χ3n) is 2.74. The van der Waals surface area contributed by atoms with Crippen molar-refractivity contribution in [1.82, 2.24) is 9.66 Å². The predicted octanol–water partition coefficient (Wildman–Crippen LogP) is 1.45. The number of imidazole rings is 1. The number of nitro groups is 1. The highest BCUT2D eigenvalue weighted by atomic mass is 16.6. The fraction of sp³-hybridized carbons (Fsp3) is 0.100. The molecule has 1 aromatic carbocycles. The third kappa shape index (κ3) is 1.86. The van der Waals surface area contributed by atoms with Crippen LogP contribution in [-0.4, -0.2) is 19.4 Å². The summed E-state index contributed by atoms with van der Waals surface area (Å²) < 4.78 is 1.55. The van der Waals surface area contributed by atoms with Crippen molar-refractivity contribution in [2.24, 2.45) is 5.22 Å². The maximum Gasteiger partial charge on any atom is 0.273 e. The Balaban J connectivity index is 2.01. The second kappa shape index (κ2) is 4.05. The average molecular weight is 260 g/mol. The Labute approximate surface area is 106 Å². The van der Waals surface area contributed by atoms with Crippen LogP contribution < -0.4 is 5.12 Å². The minimum absolute atomic E-state index is 0.133. The Hall–Kier alpha value is -2.97. The average Bonchev–Trinajstić information content (AvgIpc) is 2.92. The number of hydrogen-bond donors (Lipinski definition) is 0. The van der Waals surface area contributed by atoms with Crippen molar-refractivity contribution in [3.8, 4) is 0 Å². The summed E-state index contributed by atoms with van der Waals surface area (Å²) in [6.07, 6.45) is 4.72. The normalized spacial score (nSPS) is 13.9. The zero-order chi connectivity index (χ0) is 13.4. The van der Waals surface area contributed by atoms with Gasteiger partial charge in [-0.3, -0.25) is 10.1 Å². The molecular formula is C10H8N6O3. The molecule has 0 N–H and O–H groups in total. The number of rotatable bonds is 2. The van der Waals surface area contributed by atoms with Crippen molar-refractivity contribution in [2.45, 2.75) is 6.54 Å². The Morgan fingerprint density at radius 3 is 2.95 bits per heavy atom. The summed E-state index contributed by atoms with van der Waals surface area (Å²) in [6.45, 7) is 0.336. The van der Waals surface area contributed by atoms with Gasteiger partial charge in [0.25, 0.3) is 5.69 Å². The lowest BCUT2D eigenvalue weighted by Gasteiger charge is -2.20. The van der Waals surface area contributed by atoms with Gasteiger partial charge in [0.15, 0.2) is 12.2 Å². The molecule has 0 fully saturated rings. The van der Waals surface area contributed by atoms with Crippen LogP contribution >= 0.6 is 0 Å². The van der Waals surface area contributed by atoms with E-state index in [2.05, 4.69) is 10.2 Å². The van der Waals surface area contributed by atoms with E-state index >= 15 is 0 Å². The van der Waals surface area contributed by atoms with Gasteiger partial charge in [0.05, 0.1) is 17.2 Å². The van der Waals surface area contributed by atoms with Crippen LogP contribution in [0, 0.1) is 15.3 Å². The second-order valence-electron chi connectivity index (χ2n) is 3.91. The van der Waals surface area contributed by atoms with Gasteiger partial charge in [-0.1, -0.05) is 5.12 Å². The minimum Gasteiger partial charge on any atom is -0.691 e. The van der Waals surface area contributed by atoms with Gasteiger partial charge in [-0.2, -0.15) is 4.68 Å². The van der Waals surface area contributed by atoms with Crippen molar-refractivity contribution >= 4 is 11.4 Å². The monoisotopic (exact) mass is 260 g/mol. The molecule has 19 heavy (non-hydrogen) atoms. The van der Waals surface area contributed by atoms with Crippen LogP contribution in [0.4, 0.5) is 11.4 Å². The molecule has 0 saturated carbocycles. The molecule has 3 rings (SSSR count). The molecular weight excluding hydrogens is 252 g/mol. The lowest BCUT2D eigenvalue weighted by atomic mass is 10.1. The summed E-state index contributed by atoms with van der Waals surface area (Å²) in [7, 11) is 0. The quantitative estimate of drug-likeness (QED) is 0.352. The van der Waals surface area contributed by atoms with E-state index < -0.39 is 4.92 Å². The van der Waals surface area contributed by atoms with Gasteiger partial charge in [-0.05, 0) is 6.07 Å². The zero-order valence-electron chi connectivity index (χ0n) is 9.58. The van der Waals surface area contributed by atoms with Crippen LogP contribution in [0.5, 0.6) is 0 Å². The van der Waals surface area contributed by atoms with Crippen LogP contribution in [0.2, 0.25) is 0 Å². The fourth-order valence-electron chi connectivity index (χ4n) is 1.82. The highest BCUT2D eigenvalue weighted by molar-refractivity contribution is 5.49. The molecule has 9 nitrogen and oxygen atoms in total. The van der Waals surface area contributed by atoms with E-state index in [4.69, 9.17) is 0 Å². The molecule has 2 heterocycles. The summed E-state index contributed by atoms with van der Waals surface area (Å²) in [5, 5.41) is 27.7. The summed E-state index contributed by atoms with van der Waals surface area (Å²) in [5.74, 6) is 0. The summed E-state index contributed by atoms with van der Waals surface area (Å²) >= 11 is 0.